The summed E-state index contributed by atoms with van der Waals surface area (Å²) >= 11 is 1.27. The van der Waals surface area contributed by atoms with Gasteiger partial charge in [-0.3, -0.25) is 4.79 Å². The summed E-state index contributed by atoms with van der Waals surface area (Å²) in [5.41, 5.74) is 3.05. The van der Waals surface area contributed by atoms with Crippen molar-refractivity contribution in [2.24, 2.45) is 0 Å². The van der Waals surface area contributed by atoms with E-state index in [-0.39, 0.29) is 23.5 Å². The highest BCUT2D eigenvalue weighted by Crippen LogP contribution is 2.27. The van der Waals surface area contributed by atoms with Crippen LogP contribution in [-0.4, -0.2) is 69.3 Å². The smallest absolute Gasteiger partial charge is 0.235 e. The number of carbonyl (C=O) groups is 1. The predicted octanol–water partition coefficient (Wildman–Crippen LogP) is 1.41. The molecule has 1 aliphatic heterocycles. The molecule has 8 nitrogen and oxygen atoms in total. The number of hydrogen-bond acceptors (Lipinski definition) is 7. The summed E-state index contributed by atoms with van der Waals surface area (Å²) in [6.07, 6.45) is 0.488. The van der Waals surface area contributed by atoms with E-state index in [1.807, 2.05) is 32.0 Å². The first-order valence-electron chi connectivity index (χ1n) is 8.68. The molecule has 3 rings (SSSR count). The molecule has 146 valence electrons. The molecule has 0 radical (unpaired) electrons. The second kappa shape index (κ2) is 7.59. The molecule has 1 aliphatic rings. The molecule has 2 heterocycles. The summed E-state index contributed by atoms with van der Waals surface area (Å²) < 4.78 is 25.0. The predicted molar refractivity (Wildman–Crippen MR) is 104 cm³/mol. The zero-order valence-corrected chi connectivity index (χ0v) is 17.4. The minimum absolute atomic E-state index is 0.0346. The molecule has 1 aromatic carbocycles. The second-order valence-corrected chi connectivity index (χ2v) is 10.5. The van der Waals surface area contributed by atoms with E-state index in [0.29, 0.717) is 11.6 Å². The van der Waals surface area contributed by atoms with Gasteiger partial charge in [0.2, 0.25) is 11.1 Å². The SMILES string of the molecule is Cc1ccc(-n2nnnc2S[C@H](C)C(=O)N(C)[C@H]2CCS(=O)(=O)C2)c(C)c1. The largest absolute Gasteiger partial charge is 0.341 e. The topological polar surface area (TPSA) is 98.1 Å². The lowest BCUT2D eigenvalue weighted by atomic mass is 10.1. The zero-order chi connectivity index (χ0) is 19.8. The van der Waals surface area contributed by atoms with Crippen LogP contribution in [0.2, 0.25) is 0 Å². The van der Waals surface area contributed by atoms with Gasteiger partial charge in [0, 0.05) is 13.1 Å². The normalized spacial score (nSPS) is 19.8. The van der Waals surface area contributed by atoms with Gasteiger partial charge in [0.15, 0.2) is 9.84 Å². The number of aromatic nitrogens is 4. The Balaban J connectivity index is 1.74. The first-order chi connectivity index (χ1) is 12.7. The Morgan fingerprint density at radius 1 is 1.37 bits per heavy atom. The number of hydrogen-bond donors (Lipinski definition) is 0. The number of aryl methyl sites for hydroxylation is 2. The van der Waals surface area contributed by atoms with Gasteiger partial charge >= 0.3 is 0 Å². The lowest BCUT2D eigenvalue weighted by Crippen LogP contribution is -2.41. The Kier molecular flexibility index (Phi) is 5.57. The number of amides is 1. The summed E-state index contributed by atoms with van der Waals surface area (Å²) in [5, 5.41) is 12.0. The van der Waals surface area contributed by atoms with E-state index in [4.69, 9.17) is 0 Å². The third-order valence-corrected chi connectivity index (χ3v) is 7.53. The van der Waals surface area contributed by atoms with Gasteiger partial charge < -0.3 is 4.90 Å². The quantitative estimate of drug-likeness (QED) is 0.689. The van der Waals surface area contributed by atoms with Crippen LogP contribution in [0.25, 0.3) is 5.69 Å². The van der Waals surface area contributed by atoms with E-state index in [0.717, 1.165) is 16.8 Å². The standard InChI is InChI=1S/C17H23N5O3S2/c1-11-5-6-15(12(2)9-11)22-17(18-19-20-22)26-13(3)16(23)21(4)14-7-8-27(24,25)10-14/h5-6,9,13-14H,7-8,10H2,1-4H3/t13-,14+/m1/s1. The van der Waals surface area contributed by atoms with Crippen molar-refractivity contribution in [2.75, 3.05) is 18.6 Å². The van der Waals surface area contributed by atoms with Crippen LogP contribution in [-0.2, 0) is 14.6 Å². The third kappa shape index (κ3) is 4.32. The van der Waals surface area contributed by atoms with E-state index in [1.165, 1.54) is 11.8 Å². The molecule has 0 spiro atoms. The van der Waals surface area contributed by atoms with Crippen molar-refractivity contribution in [3.63, 3.8) is 0 Å². The Bertz CT molecular complexity index is 957. The lowest BCUT2D eigenvalue weighted by Gasteiger charge is -2.26. The van der Waals surface area contributed by atoms with Crippen LogP contribution in [0.5, 0.6) is 0 Å². The van der Waals surface area contributed by atoms with Crippen molar-refractivity contribution in [1.82, 2.24) is 25.1 Å². The van der Waals surface area contributed by atoms with E-state index in [2.05, 4.69) is 15.5 Å². The fourth-order valence-electron chi connectivity index (χ4n) is 3.20. The van der Waals surface area contributed by atoms with E-state index in [1.54, 1.807) is 23.6 Å². The van der Waals surface area contributed by atoms with E-state index in [9.17, 15) is 13.2 Å². The van der Waals surface area contributed by atoms with Crippen LogP contribution in [0.4, 0.5) is 0 Å². The molecule has 1 saturated heterocycles. The Labute approximate surface area is 163 Å². The van der Waals surface area contributed by atoms with Crippen LogP contribution in [0.1, 0.15) is 24.5 Å². The highest BCUT2D eigenvalue weighted by atomic mass is 32.2. The summed E-state index contributed by atoms with van der Waals surface area (Å²) in [6, 6.07) is 5.73. The first kappa shape index (κ1) is 19.8. The molecule has 0 N–H and O–H groups in total. The average Bonchev–Trinajstić information content (AvgIpc) is 3.19. The molecule has 1 amide bonds. The second-order valence-electron chi connectivity index (χ2n) is 6.93. The van der Waals surface area contributed by atoms with Crippen LogP contribution in [0, 0.1) is 13.8 Å². The molecule has 0 unspecified atom stereocenters. The monoisotopic (exact) mass is 409 g/mol. The maximum Gasteiger partial charge on any atom is 0.235 e. The van der Waals surface area contributed by atoms with Crippen LogP contribution in [0.3, 0.4) is 0 Å². The fraction of sp³-hybridized carbons (Fsp3) is 0.529. The van der Waals surface area contributed by atoms with Crippen molar-refractivity contribution in [3.05, 3.63) is 29.3 Å². The van der Waals surface area contributed by atoms with Gasteiger partial charge in [0.05, 0.1) is 22.4 Å². The molecule has 0 bridgehead atoms. The minimum atomic E-state index is -3.04. The number of tetrazole rings is 1. The number of nitrogens with zero attached hydrogens (tertiary/aromatic N) is 5. The van der Waals surface area contributed by atoms with Gasteiger partial charge in [-0.25, -0.2) is 8.42 Å². The van der Waals surface area contributed by atoms with Gasteiger partial charge in [-0.2, -0.15) is 4.68 Å². The Hall–Kier alpha value is -1.94. The Morgan fingerprint density at radius 3 is 2.74 bits per heavy atom. The molecule has 1 aromatic heterocycles. The Morgan fingerprint density at radius 2 is 2.11 bits per heavy atom. The fourth-order valence-corrected chi connectivity index (χ4v) is 5.88. The van der Waals surface area contributed by atoms with Gasteiger partial charge in [0.1, 0.15) is 0 Å². The summed E-state index contributed by atoms with van der Waals surface area (Å²) in [5.74, 6) is 0.0478. The summed E-state index contributed by atoms with van der Waals surface area (Å²) in [7, 11) is -1.37. The average molecular weight is 410 g/mol. The molecule has 2 aromatic rings. The molecule has 2 atom stereocenters. The maximum absolute atomic E-state index is 12.8. The maximum atomic E-state index is 12.8. The van der Waals surface area contributed by atoms with Crippen molar-refractivity contribution in [3.8, 4) is 5.69 Å². The van der Waals surface area contributed by atoms with E-state index < -0.39 is 15.1 Å². The lowest BCUT2D eigenvalue weighted by molar-refractivity contribution is -0.130. The molecule has 27 heavy (non-hydrogen) atoms. The van der Waals surface area contributed by atoms with E-state index >= 15 is 0 Å². The van der Waals surface area contributed by atoms with Gasteiger partial charge in [-0.05, 0) is 49.2 Å². The number of thioether (sulfide) groups is 1. The third-order valence-electron chi connectivity index (χ3n) is 4.76. The number of rotatable bonds is 5. The molecule has 10 heteroatoms. The summed E-state index contributed by atoms with van der Waals surface area (Å²) in [6.45, 7) is 5.79. The molecular weight excluding hydrogens is 386 g/mol. The summed E-state index contributed by atoms with van der Waals surface area (Å²) in [4.78, 5) is 14.3. The number of benzene rings is 1. The van der Waals surface area contributed by atoms with Crippen LogP contribution >= 0.6 is 11.8 Å². The molecule has 1 fully saturated rings. The van der Waals surface area contributed by atoms with Crippen molar-refractivity contribution < 1.29 is 13.2 Å². The van der Waals surface area contributed by atoms with Gasteiger partial charge in [-0.15, -0.1) is 5.10 Å². The van der Waals surface area contributed by atoms with Crippen molar-refractivity contribution in [2.45, 2.75) is 43.6 Å². The first-order valence-corrected chi connectivity index (χ1v) is 11.4. The van der Waals surface area contributed by atoms with Crippen molar-refractivity contribution in [1.29, 1.82) is 0 Å². The zero-order valence-electron chi connectivity index (χ0n) is 15.8. The van der Waals surface area contributed by atoms with Crippen molar-refractivity contribution >= 4 is 27.5 Å². The van der Waals surface area contributed by atoms with Crippen LogP contribution < -0.4 is 0 Å². The van der Waals surface area contributed by atoms with Crippen LogP contribution in [0.15, 0.2) is 23.4 Å². The molecule has 0 aliphatic carbocycles. The number of sulfone groups is 1. The van der Waals surface area contributed by atoms with Gasteiger partial charge in [-0.1, -0.05) is 29.5 Å². The minimum Gasteiger partial charge on any atom is -0.341 e. The molecular formula is C17H23N5O3S2. The highest BCUT2D eigenvalue weighted by Gasteiger charge is 2.34. The number of carbonyl (C=O) groups excluding carboxylic acids is 1. The molecule has 0 saturated carbocycles. The van der Waals surface area contributed by atoms with Gasteiger partial charge in [0.25, 0.3) is 0 Å². The highest BCUT2D eigenvalue weighted by molar-refractivity contribution is 8.00.